The van der Waals surface area contributed by atoms with E-state index in [4.69, 9.17) is 0 Å². The number of imidazole rings is 1. The molecule has 1 N–H and O–H groups in total. The predicted molar refractivity (Wildman–Crippen MR) is 88.9 cm³/mol. The number of hydrogen-bond donors (Lipinski definition) is 1. The summed E-state index contributed by atoms with van der Waals surface area (Å²) in [5, 5.41) is 3.70. The molecule has 1 aromatic carbocycles. The van der Waals surface area contributed by atoms with E-state index in [9.17, 15) is 0 Å². The van der Waals surface area contributed by atoms with Crippen LogP contribution in [0, 0.1) is 0 Å². The van der Waals surface area contributed by atoms with Crippen molar-refractivity contribution in [1.82, 2.24) is 14.9 Å². The van der Waals surface area contributed by atoms with Crippen LogP contribution < -0.4 is 5.32 Å². The van der Waals surface area contributed by atoms with Gasteiger partial charge in [0.05, 0.1) is 0 Å². The fourth-order valence-corrected chi connectivity index (χ4v) is 4.48. The zero-order chi connectivity index (χ0) is 14.7. The van der Waals surface area contributed by atoms with E-state index in [0.717, 1.165) is 19.4 Å². The van der Waals surface area contributed by atoms with Crippen molar-refractivity contribution in [3.8, 4) is 0 Å². The van der Waals surface area contributed by atoms with Crippen LogP contribution in [0.5, 0.6) is 0 Å². The Morgan fingerprint density at radius 3 is 3.05 bits per heavy atom. The molecular weight excluding hydrogens is 278 g/mol. The second kappa shape index (κ2) is 6.67. The molecule has 2 aromatic rings. The van der Waals surface area contributed by atoms with Crippen molar-refractivity contribution >= 4 is 11.8 Å². The molecule has 1 aliphatic rings. The van der Waals surface area contributed by atoms with Gasteiger partial charge in [-0.1, -0.05) is 25.1 Å². The Hall–Kier alpha value is -1.26. The first kappa shape index (κ1) is 14.7. The summed E-state index contributed by atoms with van der Waals surface area (Å²) in [5.74, 6) is 2.99. The fourth-order valence-electron chi connectivity index (χ4n) is 3.15. The first-order chi connectivity index (χ1) is 10.3. The van der Waals surface area contributed by atoms with Gasteiger partial charge in [0, 0.05) is 48.5 Å². The van der Waals surface area contributed by atoms with E-state index in [2.05, 4.69) is 53.1 Å². The second-order valence-corrected chi connectivity index (χ2v) is 6.67. The van der Waals surface area contributed by atoms with Crippen LogP contribution in [-0.2, 0) is 13.5 Å². The van der Waals surface area contributed by atoms with Gasteiger partial charge < -0.3 is 9.88 Å². The summed E-state index contributed by atoms with van der Waals surface area (Å²) in [5.41, 5.74) is 1.52. The highest BCUT2D eigenvalue weighted by molar-refractivity contribution is 7.99. The highest BCUT2D eigenvalue weighted by atomic mass is 32.2. The number of aromatic nitrogens is 2. The Morgan fingerprint density at radius 1 is 1.43 bits per heavy atom. The third-order valence-electron chi connectivity index (χ3n) is 4.29. The van der Waals surface area contributed by atoms with Crippen LogP contribution in [-0.4, -0.2) is 27.9 Å². The molecule has 3 nitrogen and oxygen atoms in total. The SMILES string of the molecule is CCNC(CCc1nccn1C)C1CSc2ccccc21. The largest absolute Gasteiger partial charge is 0.338 e. The summed E-state index contributed by atoms with van der Waals surface area (Å²) in [6.07, 6.45) is 6.08. The molecule has 3 rings (SSSR count). The minimum atomic E-state index is 0.530. The molecule has 0 fully saturated rings. The normalized spacial score (nSPS) is 18.7. The molecule has 2 heterocycles. The smallest absolute Gasteiger partial charge is 0.108 e. The van der Waals surface area contributed by atoms with Gasteiger partial charge in [-0.15, -0.1) is 11.8 Å². The van der Waals surface area contributed by atoms with Crippen LogP contribution in [0.25, 0.3) is 0 Å². The lowest BCUT2D eigenvalue weighted by atomic mass is 9.90. The maximum atomic E-state index is 4.45. The first-order valence-electron chi connectivity index (χ1n) is 7.71. The number of likely N-dealkylation sites (N-methyl/N-ethyl adjacent to an activating group) is 1. The summed E-state index contributed by atoms with van der Waals surface area (Å²) in [4.78, 5) is 5.91. The maximum Gasteiger partial charge on any atom is 0.108 e. The summed E-state index contributed by atoms with van der Waals surface area (Å²) in [7, 11) is 2.07. The molecule has 2 unspecified atom stereocenters. The summed E-state index contributed by atoms with van der Waals surface area (Å²) < 4.78 is 2.13. The highest BCUT2D eigenvalue weighted by Gasteiger charge is 2.29. The van der Waals surface area contributed by atoms with Crippen molar-refractivity contribution in [2.45, 2.75) is 36.6 Å². The molecule has 0 aliphatic carbocycles. The van der Waals surface area contributed by atoms with E-state index in [0.29, 0.717) is 12.0 Å². The number of nitrogens with zero attached hydrogens (tertiary/aromatic N) is 2. The number of benzene rings is 1. The van der Waals surface area contributed by atoms with Crippen molar-refractivity contribution in [2.24, 2.45) is 7.05 Å². The number of aryl methyl sites for hydroxylation is 2. The van der Waals surface area contributed by atoms with Crippen LogP contribution >= 0.6 is 11.8 Å². The third-order valence-corrected chi connectivity index (χ3v) is 5.50. The molecule has 4 heteroatoms. The molecule has 0 saturated carbocycles. The fraction of sp³-hybridized carbons (Fsp3) is 0.471. The number of nitrogens with one attached hydrogen (secondary N) is 1. The maximum absolute atomic E-state index is 4.45. The molecule has 1 aromatic heterocycles. The van der Waals surface area contributed by atoms with Gasteiger partial charge in [0.15, 0.2) is 0 Å². The molecule has 0 spiro atoms. The molecule has 0 radical (unpaired) electrons. The van der Waals surface area contributed by atoms with Crippen molar-refractivity contribution in [1.29, 1.82) is 0 Å². The summed E-state index contributed by atoms with van der Waals surface area (Å²) in [6, 6.07) is 9.39. The Morgan fingerprint density at radius 2 is 2.29 bits per heavy atom. The van der Waals surface area contributed by atoms with E-state index >= 15 is 0 Å². The topological polar surface area (TPSA) is 29.9 Å². The van der Waals surface area contributed by atoms with Crippen LogP contribution in [0.15, 0.2) is 41.6 Å². The number of fused-ring (bicyclic) bond motifs is 1. The zero-order valence-corrected chi connectivity index (χ0v) is 13.6. The Labute approximate surface area is 131 Å². The first-order valence-corrected chi connectivity index (χ1v) is 8.69. The highest BCUT2D eigenvalue weighted by Crippen LogP contribution is 2.41. The standard InChI is InChI=1S/C17H23N3S/c1-3-18-15(8-9-17-19-10-11-20(17)2)14-12-21-16-7-5-4-6-13(14)16/h4-7,10-11,14-15,18H,3,8-9,12H2,1-2H3. The minimum Gasteiger partial charge on any atom is -0.338 e. The quantitative estimate of drug-likeness (QED) is 0.888. The molecular formula is C17H23N3S. The van der Waals surface area contributed by atoms with Gasteiger partial charge in [-0.25, -0.2) is 4.98 Å². The van der Waals surface area contributed by atoms with Crippen molar-refractivity contribution in [3.63, 3.8) is 0 Å². The molecule has 0 bridgehead atoms. The van der Waals surface area contributed by atoms with E-state index in [1.807, 2.05) is 24.2 Å². The molecule has 21 heavy (non-hydrogen) atoms. The van der Waals surface area contributed by atoms with Gasteiger partial charge in [-0.2, -0.15) is 0 Å². The van der Waals surface area contributed by atoms with Gasteiger partial charge in [0.1, 0.15) is 5.82 Å². The molecule has 2 atom stereocenters. The Bertz CT molecular complexity index is 593. The number of hydrogen-bond acceptors (Lipinski definition) is 3. The van der Waals surface area contributed by atoms with Crippen LogP contribution in [0.2, 0.25) is 0 Å². The number of thioether (sulfide) groups is 1. The minimum absolute atomic E-state index is 0.530. The van der Waals surface area contributed by atoms with Crippen LogP contribution in [0.3, 0.4) is 0 Å². The predicted octanol–water partition coefficient (Wildman–Crippen LogP) is 3.22. The van der Waals surface area contributed by atoms with E-state index in [-0.39, 0.29) is 0 Å². The Kier molecular flexibility index (Phi) is 4.66. The lowest BCUT2D eigenvalue weighted by Crippen LogP contribution is -2.35. The third kappa shape index (κ3) is 3.16. The molecule has 0 amide bonds. The van der Waals surface area contributed by atoms with Crippen molar-refractivity contribution in [3.05, 3.63) is 48.0 Å². The molecule has 1 aliphatic heterocycles. The summed E-state index contributed by atoms with van der Waals surface area (Å²) >= 11 is 2.00. The second-order valence-electron chi connectivity index (χ2n) is 5.61. The summed E-state index contributed by atoms with van der Waals surface area (Å²) in [6.45, 7) is 3.22. The van der Waals surface area contributed by atoms with Crippen molar-refractivity contribution in [2.75, 3.05) is 12.3 Å². The number of rotatable bonds is 6. The van der Waals surface area contributed by atoms with E-state index in [1.165, 1.54) is 22.0 Å². The van der Waals surface area contributed by atoms with Gasteiger partial charge in [-0.05, 0) is 24.6 Å². The van der Waals surface area contributed by atoms with Crippen LogP contribution in [0.4, 0.5) is 0 Å². The Balaban J connectivity index is 1.72. The average molecular weight is 301 g/mol. The zero-order valence-electron chi connectivity index (χ0n) is 12.7. The van der Waals surface area contributed by atoms with Gasteiger partial charge in [0.2, 0.25) is 0 Å². The average Bonchev–Trinajstić information content (AvgIpc) is 3.10. The van der Waals surface area contributed by atoms with Gasteiger partial charge in [0.25, 0.3) is 0 Å². The van der Waals surface area contributed by atoms with E-state index < -0.39 is 0 Å². The monoisotopic (exact) mass is 301 g/mol. The lowest BCUT2D eigenvalue weighted by Gasteiger charge is -2.24. The van der Waals surface area contributed by atoms with Crippen molar-refractivity contribution < 1.29 is 0 Å². The van der Waals surface area contributed by atoms with E-state index in [1.54, 1.807) is 0 Å². The van der Waals surface area contributed by atoms with Gasteiger partial charge >= 0.3 is 0 Å². The van der Waals surface area contributed by atoms with Crippen LogP contribution in [0.1, 0.15) is 30.7 Å². The van der Waals surface area contributed by atoms with Gasteiger partial charge in [-0.3, -0.25) is 0 Å². The molecule has 0 saturated heterocycles. The molecule has 112 valence electrons. The lowest BCUT2D eigenvalue weighted by molar-refractivity contribution is 0.433.